The van der Waals surface area contributed by atoms with Crippen molar-refractivity contribution in [1.29, 1.82) is 0 Å². The molecule has 4 rings (SSSR count). The number of halogens is 4. The number of hydrogen-bond acceptors (Lipinski definition) is 6. The van der Waals surface area contributed by atoms with Gasteiger partial charge in [-0.25, -0.2) is 8.78 Å². The molecule has 0 radical (unpaired) electrons. The third kappa shape index (κ3) is 2.95. The van der Waals surface area contributed by atoms with Crippen LogP contribution in [0.3, 0.4) is 0 Å². The van der Waals surface area contributed by atoms with Crippen molar-refractivity contribution < 1.29 is 38.1 Å². The normalized spacial score (nSPS) is 48.6. The van der Waals surface area contributed by atoms with E-state index in [0.29, 0.717) is 0 Å². The molecule has 4 aliphatic carbocycles. The van der Waals surface area contributed by atoms with Gasteiger partial charge in [0.1, 0.15) is 6.17 Å². The SMILES string of the molecule is CC(=O)OCC(=O)[C@@]1(O)C(=CCl)C[C@H]2[C@@H]3[C@H](Cl)[C@@H](F)C4=CC(=O)C=C[C@]4(C)[C@@]3(F)[C@@H](O)C[C@@]21C. The number of ether oxygens (including phenoxy) is 1. The third-order valence-corrected chi connectivity index (χ3v) is 9.46. The van der Waals surface area contributed by atoms with Crippen LogP contribution in [-0.2, 0) is 19.1 Å². The topological polar surface area (TPSA) is 101 Å². The molecular weight excluding hydrogens is 493 g/mol. The second kappa shape index (κ2) is 7.95. The van der Waals surface area contributed by atoms with Gasteiger partial charge in [0.2, 0.25) is 5.78 Å². The van der Waals surface area contributed by atoms with E-state index in [1.54, 1.807) is 0 Å². The second-order valence-corrected chi connectivity index (χ2v) is 10.9. The molecule has 0 amide bonds. The average molecular weight is 519 g/mol. The molecule has 0 unspecified atom stereocenters. The Balaban J connectivity index is 1.87. The van der Waals surface area contributed by atoms with Crippen LogP contribution in [0.1, 0.15) is 33.6 Å². The van der Waals surface area contributed by atoms with Crippen molar-refractivity contribution >= 4 is 40.7 Å². The van der Waals surface area contributed by atoms with Gasteiger partial charge in [-0.3, -0.25) is 14.4 Å². The van der Waals surface area contributed by atoms with Gasteiger partial charge in [-0.15, -0.1) is 11.6 Å². The number of fused-ring (bicyclic) bond motifs is 5. The second-order valence-electron chi connectivity index (χ2n) is 10.2. The monoisotopic (exact) mass is 518 g/mol. The predicted molar refractivity (Wildman–Crippen MR) is 120 cm³/mol. The quantitative estimate of drug-likeness (QED) is 0.439. The Labute approximate surface area is 205 Å². The Hall–Kier alpha value is -1.61. The summed E-state index contributed by atoms with van der Waals surface area (Å²) in [5.41, 5.74) is -7.05. The number of esters is 1. The highest BCUT2D eigenvalue weighted by molar-refractivity contribution is 6.26. The van der Waals surface area contributed by atoms with Crippen molar-refractivity contribution in [2.24, 2.45) is 22.7 Å². The first kappa shape index (κ1) is 25.5. The van der Waals surface area contributed by atoms with E-state index < -0.39 is 75.7 Å². The minimum absolute atomic E-state index is 0.0513. The van der Waals surface area contributed by atoms with Gasteiger partial charge in [0, 0.05) is 29.2 Å². The van der Waals surface area contributed by atoms with Gasteiger partial charge in [0.25, 0.3) is 0 Å². The van der Waals surface area contributed by atoms with Crippen molar-refractivity contribution in [3.05, 3.63) is 34.9 Å². The molecule has 9 atom stereocenters. The lowest BCUT2D eigenvalue weighted by molar-refractivity contribution is -0.219. The molecule has 0 aliphatic heterocycles. The van der Waals surface area contributed by atoms with Crippen molar-refractivity contribution in [2.75, 3.05) is 6.61 Å². The Bertz CT molecular complexity index is 1060. The molecule has 186 valence electrons. The first-order valence-corrected chi connectivity index (χ1v) is 11.9. The third-order valence-electron chi connectivity index (χ3n) is 8.71. The molecule has 34 heavy (non-hydrogen) atoms. The number of Topliss-reactive ketones (excluding diaryl/α,β-unsaturated/α-hetero) is 1. The summed E-state index contributed by atoms with van der Waals surface area (Å²) >= 11 is 12.5. The average Bonchev–Trinajstić information content (AvgIpc) is 3.00. The number of carbonyl (C=O) groups excluding carboxylic acids is 3. The fourth-order valence-corrected chi connectivity index (χ4v) is 7.68. The fraction of sp³-hybridized carbons (Fsp3) is 0.625. The molecule has 6 nitrogen and oxygen atoms in total. The van der Waals surface area contributed by atoms with Crippen molar-refractivity contribution in [3.63, 3.8) is 0 Å². The zero-order chi connectivity index (χ0) is 25.4. The minimum atomic E-state index is -2.50. The van der Waals surface area contributed by atoms with Crippen LogP contribution in [-0.4, -0.2) is 63.3 Å². The lowest BCUT2D eigenvalue weighted by atomic mass is 9.44. The van der Waals surface area contributed by atoms with Crippen LogP contribution in [0, 0.1) is 22.7 Å². The summed E-state index contributed by atoms with van der Waals surface area (Å²) in [4.78, 5) is 36.4. The van der Waals surface area contributed by atoms with E-state index in [1.165, 1.54) is 19.9 Å². The molecule has 3 saturated carbocycles. The van der Waals surface area contributed by atoms with Gasteiger partial charge < -0.3 is 14.9 Å². The van der Waals surface area contributed by atoms with Gasteiger partial charge >= 0.3 is 5.97 Å². The largest absolute Gasteiger partial charge is 0.458 e. The summed E-state index contributed by atoms with van der Waals surface area (Å²) in [6, 6.07) is 0. The van der Waals surface area contributed by atoms with E-state index in [4.69, 9.17) is 27.9 Å². The highest BCUT2D eigenvalue weighted by Crippen LogP contribution is 2.71. The van der Waals surface area contributed by atoms with E-state index in [1.807, 2.05) is 0 Å². The molecule has 10 heteroatoms. The van der Waals surface area contributed by atoms with Gasteiger partial charge in [0.15, 0.2) is 23.7 Å². The number of hydrogen-bond donors (Lipinski definition) is 2. The highest BCUT2D eigenvalue weighted by atomic mass is 35.5. The number of aliphatic hydroxyl groups is 2. The van der Waals surface area contributed by atoms with Crippen molar-refractivity contribution in [1.82, 2.24) is 0 Å². The molecule has 0 spiro atoms. The summed E-state index contributed by atoms with van der Waals surface area (Å²) < 4.78 is 37.7. The molecule has 2 N–H and O–H groups in total. The maximum absolute atomic E-state index is 17.2. The van der Waals surface area contributed by atoms with Crippen LogP contribution in [0.15, 0.2) is 34.9 Å². The van der Waals surface area contributed by atoms with Crippen molar-refractivity contribution in [2.45, 2.75) is 62.5 Å². The van der Waals surface area contributed by atoms with Crippen LogP contribution in [0.5, 0.6) is 0 Å². The van der Waals surface area contributed by atoms with E-state index in [0.717, 1.165) is 24.6 Å². The first-order valence-electron chi connectivity index (χ1n) is 11.0. The number of rotatable bonds is 3. The van der Waals surface area contributed by atoms with Crippen molar-refractivity contribution in [3.8, 4) is 0 Å². The number of carbonyl (C=O) groups is 3. The lowest BCUT2D eigenvalue weighted by Gasteiger charge is -2.64. The van der Waals surface area contributed by atoms with Gasteiger partial charge in [0.05, 0.1) is 11.5 Å². The molecule has 0 aromatic rings. The Morgan fingerprint density at radius 2 is 2.00 bits per heavy atom. The summed E-state index contributed by atoms with van der Waals surface area (Å²) in [6.07, 6.45) is -0.716. The standard InChI is InChI=1S/C24H26Cl2F2O6/c1-11(29)34-10-17(32)24(33)12(9-25)6-14-18-19(26)20(27)15-7-13(30)4-5-21(15,2)23(18,28)16(31)8-22(14,24)3/h4-5,7,9,14,16,18-20,31,33H,6,8,10H2,1-3H3/t14-,16-,18+,19-,20-,21-,22-,23+,24-/m0/s1. The lowest BCUT2D eigenvalue weighted by Crippen LogP contribution is -2.73. The molecule has 0 aromatic carbocycles. The molecule has 0 aromatic heterocycles. The minimum Gasteiger partial charge on any atom is -0.458 e. The number of ketones is 2. The molecule has 3 fully saturated rings. The smallest absolute Gasteiger partial charge is 0.303 e. The van der Waals surface area contributed by atoms with Crippen LogP contribution in [0.2, 0.25) is 0 Å². The predicted octanol–water partition coefficient (Wildman–Crippen LogP) is 3.12. The summed E-state index contributed by atoms with van der Waals surface area (Å²) in [6.45, 7) is 3.27. The Kier molecular flexibility index (Phi) is 5.96. The van der Waals surface area contributed by atoms with E-state index in [-0.39, 0.29) is 24.0 Å². The Morgan fingerprint density at radius 3 is 2.59 bits per heavy atom. The number of alkyl halides is 3. The Morgan fingerprint density at radius 1 is 1.35 bits per heavy atom. The maximum Gasteiger partial charge on any atom is 0.303 e. The van der Waals surface area contributed by atoms with Gasteiger partial charge in [-0.05, 0) is 49.0 Å². The molecule has 0 bridgehead atoms. The summed E-state index contributed by atoms with van der Waals surface area (Å²) in [5.74, 6) is -4.37. The molecule has 0 heterocycles. The van der Waals surface area contributed by atoms with Gasteiger partial charge in [-0.2, -0.15) is 0 Å². The fourth-order valence-electron chi connectivity index (χ4n) is 6.94. The van der Waals surface area contributed by atoms with E-state index in [9.17, 15) is 24.6 Å². The summed E-state index contributed by atoms with van der Waals surface area (Å²) in [5, 5.41) is 21.5. The van der Waals surface area contributed by atoms with Crippen LogP contribution < -0.4 is 0 Å². The van der Waals surface area contributed by atoms with E-state index >= 15 is 8.78 Å². The maximum atomic E-state index is 17.2. The first-order chi connectivity index (χ1) is 15.7. The van der Waals surface area contributed by atoms with Crippen LogP contribution >= 0.6 is 23.2 Å². The van der Waals surface area contributed by atoms with Crippen LogP contribution in [0.4, 0.5) is 8.78 Å². The van der Waals surface area contributed by atoms with Gasteiger partial charge in [-0.1, -0.05) is 24.6 Å². The van der Waals surface area contributed by atoms with E-state index in [2.05, 4.69) is 0 Å². The molecule has 0 saturated heterocycles. The number of aliphatic hydroxyl groups excluding tert-OH is 1. The highest BCUT2D eigenvalue weighted by Gasteiger charge is 2.78. The number of allylic oxidation sites excluding steroid dienone is 4. The zero-order valence-electron chi connectivity index (χ0n) is 18.9. The molecular formula is C24H26Cl2F2O6. The zero-order valence-corrected chi connectivity index (χ0v) is 20.4. The van der Waals surface area contributed by atoms with Crippen LogP contribution in [0.25, 0.3) is 0 Å². The molecule has 4 aliphatic rings. The summed E-state index contributed by atoms with van der Waals surface area (Å²) in [7, 11) is 0.